The van der Waals surface area contributed by atoms with Gasteiger partial charge in [-0.2, -0.15) is 0 Å². The van der Waals surface area contributed by atoms with Crippen molar-refractivity contribution in [1.82, 2.24) is 0 Å². The van der Waals surface area contributed by atoms with Gasteiger partial charge in [-0.15, -0.1) is 0 Å². The van der Waals surface area contributed by atoms with Crippen LogP contribution in [0.15, 0.2) is 40.8 Å². The number of nitrogen functional groups attached to an aromatic ring is 1. The number of hydrogen-bond donors (Lipinski definition) is 3. The molecule has 6 nitrogen and oxygen atoms in total. The van der Waals surface area contributed by atoms with E-state index in [-0.39, 0.29) is 16.8 Å². The van der Waals surface area contributed by atoms with Gasteiger partial charge in [0.15, 0.2) is 0 Å². The first-order valence-corrected chi connectivity index (χ1v) is 7.39. The largest absolute Gasteiger partial charge is 0.454 e. The van der Waals surface area contributed by atoms with E-state index in [0.29, 0.717) is 23.5 Å². The Morgan fingerprint density at radius 1 is 1.36 bits per heavy atom. The third-order valence-electron chi connectivity index (χ3n) is 2.91. The Labute approximate surface area is 132 Å². The topological polar surface area (TPSA) is 110 Å². The number of nitrogens with one attached hydrogen (secondary N) is 1. The Morgan fingerprint density at radius 3 is 2.64 bits per heavy atom. The summed E-state index contributed by atoms with van der Waals surface area (Å²) >= 11 is 0.740. The summed E-state index contributed by atoms with van der Waals surface area (Å²) in [6.45, 7) is 1.85. The molecule has 4 N–H and O–H groups in total. The molecule has 1 aromatic heterocycles. The van der Waals surface area contributed by atoms with Crippen LogP contribution < -0.4 is 10.5 Å². The Bertz CT molecular complexity index is 666. The zero-order valence-electron chi connectivity index (χ0n) is 11.9. The van der Waals surface area contributed by atoms with E-state index in [2.05, 4.69) is 0 Å². The van der Waals surface area contributed by atoms with Crippen molar-refractivity contribution in [3.05, 3.63) is 53.5 Å². The molecule has 0 amide bonds. The predicted molar refractivity (Wildman–Crippen MR) is 84.5 cm³/mol. The van der Waals surface area contributed by atoms with Crippen molar-refractivity contribution in [2.24, 2.45) is 5.73 Å². The molecule has 1 aromatic carbocycles. The van der Waals surface area contributed by atoms with Crippen molar-refractivity contribution < 1.29 is 18.5 Å². The van der Waals surface area contributed by atoms with Crippen LogP contribution in [0.4, 0.5) is 0 Å². The molecule has 0 saturated carbocycles. The van der Waals surface area contributed by atoms with Crippen molar-refractivity contribution in [2.45, 2.75) is 18.6 Å². The van der Waals surface area contributed by atoms with E-state index in [4.69, 9.17) is 24.8 Å². The molecule has 2 rings (SSSR count). The summed E-state index contributed by atoms with van der Waals surface area (Å²) in [7, 11) is 0. The zero-order chi connectivity index (χ0) is 16.1. The minimum absolute atomic E-state index is 0.0193. The molecule has 2 aromatic rings. The molecule has 1 atom stereocenters. The standard InChI is InChI=1S/C15H16N2O4S/c1-9(22-19)8-12-6-7-13(20-12)15(18)21-11-4-2-10(3-5-11)14(16)17/h2-7,9,19H,8H2,1H3,(H3,16,17). The number of nitrogens with two attached hydrogens (primary N) is 1. The molecule has 1 unspecified atom stereocenters. The molecule has 0 bridgehead atoms. The molecule has 116 valence electrons. The highest BCUT2D eigenvalue weighted by Crippen LogP contribution is 2.18. The van der Waals surface area contributed by atoms with Gasteiger partial charge in [0.1, 0.15) is 17.3 Å². The van der Waals surface area contributed by atoms with Gasteiger partial charge in [-0.3, -0.25) is 5.41 Å². The lowest BCUT2D eigenvalue weighted by Crippen LogP contribution is -2.11. The second-order valence-corrected chi connectivity index (χ2v) is 5.73. The lowest BCUT2D eigenvalue weighted by Gasteiger charge is -2.04. The second kappa shape index (κ2) is 7.15. The van der Waals surface area contributed by atoms with Gasteiger partial charge in [0.05, 0.1) is 0 Å². The van der Waals surface area contributed by atoms with Crippen LogP contribution in [0.2, 0.25) is 0 Å². The monoisotopic (exact) mass is 320 g/mol. The first kappa shape index (κ1) is 16.1. The fourth-order valence-electron chi connectivity index (χ4n) is 1.78. The summed E-state index contributed by atoms with van der Waals surface area (Å²) in [6, 6.07) is 9.53. The lowest BCUT2D eigenvalue weighted by molar-refractivity contribution is 0.0699. The average Bonchev–Trinajstić information content (AvgIpc) is 2.96. The number of rotatable bonds is 6. The van der Waals surface area contributed by atoms with Crippen LogP contribution >= 0.6 is 12.0 Å². The number of ether oxygens (including phenoxy) is 1. The molecule has 0 aliphatic carbocycles. The summed E-state index contributed by atoms with van der Waals surface area (Å²) in [4.78, 5) is 12.0. The normalized spacial score (nSPS) is 11.9. The number of carbonyl (C=O) groups excluding carboxylic acids is 1. The van der Waals surface area contributed by atoms with Crippen LogP contribution in [-0.4, -0.2) is 21.6 Å². The molecule has 22 heavy (non-hydrogen) atoms. The molecule has 0 saturated heterocycles. The van der Waals surface area contributed by atoms with E-state index < -0.39 is 5.97 Å². The van der Waals surface area contributed by atoms with E-state index in [9.17, 15) is 4.79 Å². The van der Waals surface area contributed by atoms with Crippen LogP contribution in [0, 0.1) is 5.41 Å². The Balaban J connectivity index is 2.01. The van der Waals surface area contributed by atoms with Crippen LogP contribution in [0.5, 0.6) is 5.75 Å². The molecule has 0 aliphatic rings. The second-order valence-electron chi connectivity index (χ2n) is 4.71. The maximum Gasteiger partial charge on any atom is 0.379 e. The molecule has 0 spiro atoms. The third kappa shape index (κ3) is 4.12. The molecular formula is C15H16N2O4S. The molecule has 0 aliphatic heterocycles. The van der Waals surface area contributed by atoms with Crippen molar-refractivity contribution in [1.29, 1.82) is 5.41 Å². The quantitative estimate of drug-likeness (QED) is 0.248. The third-order valence-corrected chi connectivity index (χ3v) is 3.43. The van der Waals surface area contributed by atoms with Gasteiger partial charge in [-0.1, -0.05) is 6.92 Å². The molecule has 7 heteroatoms. The van der Waals surface area contributed by atoms with Crippen molar-refractivity contribution in [2.75, 3.05) is 0 Å². The molecule has 0 fully saturated rings. The predicted octanol–water partition coefficient (Wildman–Crippen LogP) is 2.92. The van der Waals surface area contributed by atoms with Gasteiger partial charge in [0, 0.05) is 17.2 Å². The summed E-state index contributed by atoms with van der Waals surface area (Å²) in [6.07, 6.45) is 0.516. The van der Waals surface area contributed by atoms with E-state index in [0.717, 1.165) is 12.0 Å². The lowest BCUT2D eigenvalue weighted by atomic mass is 10.2. The Kier molecular flexibility index (Phi) is 5.24. The fourth-order valence-corrected chi connectivity index (χ4v) is 2.02. The number of furan rings is 1. The minimum atomic E-state index is -0.605. The zero-order valence-corrected chi connectivity index (χ0v) is 12.7. The van der Waals surface area contributed by atoms with Gasteiger partial charge < -0.3 is 19.4 Å². The maximum absolute atomic E-state index is 12.0. The van der Waals surface area contributed by atoms with Crippen LogP contribution in [0.3, 0.4) is 0 Å². The van der Waals surface area contributed by atoms with Gasteiger partial charge in [0.25, 0.3) is 0 Å². The van der Waals surface area contributed by atoms with Gasteiger partial charge in [-0.05, 0) is 48.4 Å². The van der Waals surface area contributed by atoms with Gasteiger partial charge in [-0.25, -0.2) is 4.79 Å². The summed E-state index contributed by atoms with van der Waals surface area (Å²) in [5.41, 5.74) is 5.90. The van der Waals surface area contributed by atoms with E-state index in [1.165, 1.54) is 6.07 Å². The number of benzene rings is 1. The summed E-state index contributed by atoms with van der Waals surface area (Å²) in [5.74, 6) is 0.386. The Hall–Kier alpha value is -2.25. The van der Waals surface area contributed by atoms with Crippen LogP contribution in [-0.2, 0) is 6.42 Å². The van der Waals surface area contributed by atoms with Gasteiger partial charge >= 0.3 is 5.97 Å². The van der Waals surface area contributed by atoms with E-state index in [1.54, 1.807) is 30.3 Å². The van der Waals surface area contributed by atoms with Crippen molar-refractivity contribution in [3.8, 4) is 5.75 Å². The van der Waals surface area contributed by atoms with Crippen molar-refractivity contribution in [3.63, 3.8) is 0 Å². The summed E-state index contributed by atoms with van der Waals surface area (Å²) < 4.78 is 19.5. The van der Waals surface area contributed by atoms with Crippen LogP contribution in [0.25, 0.3) is 0 Å². The Morgan fingerprint density at radius 2 is 2.05 bits per heavy atom. The first-order valence-electron chi connectivity index (χ1n) is 6.55. The number of amidine groups is 1. The highest BCUT2D eigenvalue weighted by Gasteiger charge is 2.15. The number of esters is 1. The smallest absolute Gasteiger partial charge is 0.379 e. The molecule has 0 radical (unpaired) electrons. The van der Waals surface area contributed by atoms with E-state index in [1.807, 2.05) is 6.92 Å². The van der Waals surface area contributed by atoms with E-state index >= 15 is 0 Å². The summed E-state index contributed by atoms with van der Waals surface area (Å²) in [5, 5.41) is 7.27. The number of carbonyl (C=O) groups is 1. The molecular weight excluding hydrogens is 304 g/mol. The van der Waals surface area contributed by atoms with Gasteiger partial charge in [0.2, 0.25) is 5.76 Å². The highest BCUT2D eigenvalue weighted by molar-refractivity contribution is 7.94. The fraction of sp³-hybridized carbons (Fsp3) is 0.200. The maximum atomic E-state index is 12.0. The molecule has 1 heterocycles. The average molecular weight is 320 g/mol. The SMILES string of the molecule is CC(Cc1ccc(C(=O)Oc2ccc(C(=N)N)cc2)o1)SO. The van der Waals surface area contributed by atoms with Crippen LogP contribution in [0.1, 0.15) is 28.8 Å². The minimum Gasteiger partial charge on any atom is -0.454 e. The number of hydrogen-bond acceptors (Lipinski definition) is 6. The van der Waals surface area contributed by atoms with Crippen molar-refractivity contribution >= 4 is 23.8 Å². The first-order chi connectivity index (χ1) is 10.5. The highest BCUT2D eigenvalue weighted by atomic mass is 32.2.